The molecular formula is C14H27NO. The van der Waals surface area contributed by atoms with Gasteiger partial charge in [0.25, 0.3) is 0 Å². The van der Waals surface area contributed by atoms with Crippen molar-refractivity contribution >= 4 is 0 Å². The molecule has 94 valence electrons. The van der Waals surface area contributed by atoms with E-state index in [1.54, 1.807) is 0 Å². The van der Waals surface area contributed by atoms with Crippen LogP contribution >= 0.6 is 0 Å². The fourth-order valence-corrected chi connectivity index (χ4v) is 4.10. The van der Waals surface area contributed by atoms with Crippen molar-refractivity contribution in [2.45, 2.75) is 52.6 Å². The Kier molecular flexibility index (Phi) is 3.60. The van der Waals surface area contributed by atoms with Gasteiger partial charge < -0.3 is 4.74 Å². The van der Waals surface area contributed by atoms with Gasteiger partial charge in [-0.05, 0) is 49.5 Å². The molecule has 2 nitrogen and oxygen atoms in total. The largest absolute Gasteiger partial charge is 0.359 e. The topological polar surface area (TPSA) is 21.3 Å². The van der Waals surface area contributed by atoms with Crippen LogP contribution in [0.4, 0.5) is 0 Å². The lowest BCUT2D eigenvalue weighted by molar-refractivity contribution is -0.126. The SMILES string of the molecule is CC(C)C1CCC2(CCNCO2)C1C(C)C. The lowest BCUT2D eigenvalue weighted by Gasteiger charge is -2.43. The van der Waals surface area contributed by atoms with Gasteiger partial charge in [-0.3, -0.25) is 5.32 Å². The molecule has 1 N–H and O–H groups in total. The molecule has 1 saturated carbocycles. The molecular weight excluding hydrogens is 198 g/mol. The minimum Gasteiger partial charge on any atom is -0.359 e. The fraction of sp³-hybridized carbons (Fsp3) is 1.00. The molecule has 3 unspecified atom stereocenters. The molecule has 3 atom stereocenters. The summed E-state index contributed by atoms with van der Waals surface area (Å²) in [6, 6.07) is 0. The summed E-state index contributed by atoms with van der Waals surface area (Å²) in [4.78, 5) is 0. The van der Waals surface area contributed by atoms with Crippen LogP contribution in [0.1, 0.15) is 47.0 Å². The zero-order chi connectivity index (χ0) is 11.8. The first-order chi connectivity index (χ1) is 7.57. The molecule has 1 heterocycles. The van der Waals surface area contributed by atoms with Gasteiger partial charge in [0.15, 0.2) is 0 Å². The fourth-order valence-electron chi connectivity index (χ4n) is 4.10. The van der Waals surface area contributed by atoms with Crippen molar-refractivity contribution in [3.8, 4) is 0 Å². The van der Waals surface area contributed by atoms with Crippen molar-refractivity contribution in [1.29, 1.82) is 0 Å². The zero-order valence-electron chi connectivity index (χ0n) is 11.3. The van der Waals surface area contributed by atoms with E-state index in [0.29, 0.717) is 0 Å². The van der Waals surface area contributed by atoms with E-state index in [2.05, 4.69) is 33.0 Å². The maximum absolute atomic E-state index is 6.17. The summed E-state index contributed by atoms with van der Waals surface area (Å²) in [6.45, 7) is 11.4. The van der Waals surface area contributed by atoms with E-state index in [1.165, 1.54) is 19.3 Å². The van der Waals surface area contributed by atoms with E-state index >= 15 is 0 Å². The zero-order valence-corrected chi connectivity index (χ0v) is 11.3. The van der Waals surface area contributed by atoms with Crippen LogP contribution in [0.2, 0.25) is 0 Å². The molecule has 2 heteroatoms. The first-order valence-electron chi connectivity index (χ1n) is 6.91. The second kappa shape index (κ2) is 4.66. The standard InChI is InChI=1S/C14H27NO/c1-10(2)12-5-6-14(13(12)11(3)4)7-8-15-9-16-14/h10-13,15H,5-9H2,1-4H3. The van der Waals surface area contributed by atoms with Crippen molar-refractivity contribution in [3.63, 3.8) is 0 Å². The summed E-state index contributed by atoms with van der Waals surface area (Å²) in [7, 11) is 0. The quantitative estimate of drug-likeness (QED) is 0.780. The summed E-state index contributed by atoms with van der Waals surface area (Å²) in [5, 5.41) is 3.32. The number of hydrogen-bond donors (Lipinski definition) is 1. The molecule has 0 bridgehead atoms. The minimum absolute atomic E-state index is 0.203. The maximum Gasteiger partial charge on any atom is 0.0973 e. The van der Waals surface area contributed by atoms with Crippen LogP contribution < -0.4 is 5.32 Å². The van der Waals surface area contributed by atoms with Crippen LogP contribution in [0.5, 0.6) is 0 Å². The minimum atomic E-state index is 0.203. The molecule has 1 spiro atoms. The van der Waals surface area contributed by atoms with Crippen molar-refractivity contribution < 1.29 is 4.74 Å². The third-order valence-electron chi connectivity index (χ3n) is 4.73. The molecule has 0 aromatic rings. The lowest BCUT2D eigenvalue weighted by Crippen LogP contribution is -2.49. The van der Waals surface area contributed by atoms with Gasteiger partial charge in [-0.25, -0.2) is 0 Å². The van der Waals surface area contributed by atoms with E-state index in [-0.39, 0.29) is 5.60 Å². The number of ether oxygens (including phenoxy) is 1. The highest BCUT2D eigenvalue weighted by Crippen LogP contribution is 2.51. The molecule has 2 fully saturated rings. The van der Waals surface area contributed by atoms with Gasteiger partial charge in [0.1, 0.15) is 0 Å². The average molecular weight is 225 g/mol. The van der Waals surface area contributed by atoms with Gasteiger partial charge >= 0.3 is 0 Å². The molecule has 16 heavy (non-hydrogen) atoms. The highest BCUT2D eigenvalue weighted by molar-refractivity contribution is 5.01. The van der Waals surface area contributed by atoms with Gasteiger partial charge in [0, 0.05) is 0 Å². The predicted octanol–water partition coefficient (Wildman–Crippen LogP) is 3.03. The third kappa shape index (κ3) is 2.02. The van der Waals surface area contributed by atoms with E-state index in [0.717, 1.165) is 36.9 Å². The summed E-state index contributed by atoms with van der Waals surface area (Å²) in [5.41, 5.74) is 0.203. The second-order valence-corrected chi connectivity index (χ2v) is 6.32. The normalized spacial score (nSPS) is 40.1. The van der Waals surface area contributed by atoms with E-state index in [1.807, 2.05) is 0 Å². The summed E-state index contributed by atoms with van der Waals surface area (Å²) < 4.78 is 6.17. The van der Waals surface area contributed by atoms with Gasteiger partial charge in [-0.2, -0.15) is 0 Å². The van der Waals surface area contributed by atoms with Crippen LogP contribution in [0.3, 0.4) is 0 Å². The Hall–Kier alpha value is -0.0800. The Bertz CT molecular complexity index is 231. The van der Waals surface area contributed by atoms with E-state index in [9.17, 15) is 0 Å². The molecule has 0 amide bonds. The number of rotatable bonds is 2. The molecule has 2 aliphatic rings. The Morgan fingerprint density at radius 1 is 1.12 bits per heavy atom. The van der Waals surface area contributed by atoms with Gasteiger partial charge in [0.05, 0.1) is 12.3 Å². The van der Waals surface area contributed by atoms with Crippen LogP contribution in [0.15, 0.2) is 0 Å². The maximum atomic E-state index is 6.17. The van der Waals surface area contributed by atoms with Crippen molar-refractivity contribution in [2.75, 3.05) is 13.3 Å². The summed E-state index contributed by atoms with van der Waals surface area (Å²) >= 11 is 0. The summed E-state index contributed by atoms with van der Waals surface area (Å²) in [5.74, 6) is 3.16. The molecule has 1 saturated heterocycles. The molecule has 1 aliphatic carbocycles. The smallest absolute Gasteiger partial charge is 0.0973 e. The Morgan fingerprint density at radius 2 is 1.88 bits per heavy atom. The molecule has 2 rings (SSSR count). The van der Waals surface area contributed by atoms with Crippen LogP contribution in [0.25, 0.3) is 0 Å². The predicted molar refractivity (Wildman–Crippen MR) is 67.2 cm³/mol. The summed E-state index contributed by atoms with van der Waals surface area (Å²) in [6.07, 6.45) is 3.85. The average Bonchev–Trinajstić information content (AvgIpc) is 2.58. The van der Waals surface area contributed by atoms with Crippen LogP contribution in [0, 0.1) is 23.7 Å². The van der Waals surface area contributed by atoms with Crippen LogP contribution in [-0.2, 0) is 4.74 Å². The second-order valence-electron chi connectivity index (χ2n) is 6.32. The van der Waals surface area contributed by atoms with Crippen molar-refractivity contribution in [2.24, 2.45) is 23.7 Å². The molecule has 1 aliphatic heterocycles. The molecule has 0 aromatic heterocycles. The molecule has 0 radical (unpaired) electrons. The number of nitrogens with one attached hydrogen (secondary N) is 1. The van der Waals surface area contributed by atoms with E-state index in [4.69, 9.17) is 4.74 Å². The van der Waals surface area contributed by atoms with Gasteiger partial charge in [0.2, 0.25) is 0 Å². The van der Waals surface area contributed by atoms with Crippen LogP contribution in [-0.4, -0.2) is 18.9 Å². The Balaban J connectivity index is 2.19. The number of hydrogen-bond acceptors (Lipinski definition) is 2. The Morgan fingerprint density at radius 3 is 2.38 bits per heavy atom. The van der Waals surface area contributed by atoms with Crippen molar-refractivity contribution in [3.05, 3.63) is 0 Å². The van der Waals surface area contributed by atoms with E-state index < -0.39 is 0 Å². The first kappa shape index (κ1) is 12.4. The van der Waals surface area contributed by atoms with Gasteiger partial charge in [-0.1, -0.05) is 27.7 Å². The highest BCUT2D eigenvalue weighted by Gasteiger charge is 2.51. The van der Waals surface area contributed by atoms with Crippen molar-refractivity contribution in [1.82, 2.24) is 5.32 Å². The van der Waals surface area contributed by atoms with Gasteiger partial charge in [-0.15, -0.1) is 0 Å². The Labute approximate surface area is 100 Å². The monoisotopic (exact) mass is 225 g/mol. The first-order valence-corrected chi connectivity index (χ1v) is 6.91. The highest BCUT2D eigenvalue weighted by atomic mass is 16.5. The lowest BCUT2D eigenvalue weighted by atomic mass is 9.72. The third-order valence-corrected chi connectivity index (χ3v) is 4.73. The molecule has 0 aromatic carbocycles.